The third-order valence-corrected chi connectivity index (χ3v) is 5.67. The molecule has 1 aromatic rings. The van der Waals surface area contributed by atoms with Crippen molar-refractivity contribution in [3.05, 3.63) is 48.6 Å². The molecule has 5 nitrogen and oxygen atoms in total. The van der Waals surface area contributed by atoms with Crippen LogP contribution < -0.4 is 0 Å². The summed E-state index contributed by atoms with van der Waals surface area (Å²) in [6.45, 7) is 9.88. The summed E-state index contributed by atoms with van der Waals surface area (Å²) < 4.78 is 10.6. The Bertz CT molecular complexity index is 695. The third kappa shape index (κ3) is 6.89. The Kier molecular flexibility index (Phi) is 8.94. The topological polar surface area (TPSA) is 55.8 Å². The van der Waals surface area contributed by atoms with Gasteiger partial charge in [0.1, 0.15) is 11.6 Å². The summed E-state index contributed by atoms with van der Waals surface area (Å²) in [4.78, 5) is 26.9. The SMILES string of the molecule is C=CC[C@@H]1[C@@H](CCCCCc2ccccc2)CN(C(=O)OC(C)(C)C)[C@@H]1C(=O)OC. The van der Waals surface area contributed by atoms with Gasteiger partial charge in [-0.05, 0) is 63.9 Å². The van der Waals surface area contributed by atoms with Crippen molar-refractivity contribution in [1.29, 1.82) is 0 Å². The van der Waals surface area contributed by atoms with Crippen LogP contribution in [0.15, 0.2) is 43.0 Å². The Morgan fingerprint density at radius 1 is 1.17 bits per heavy atom. The van der Waals surface area contributed by atoms with Crippen molar-refractivity contribution in [2.24, 2.45) is 11.8 Å². The number of carbonyl (C=O) groups is 2. The van der Waals surface area contributed by atoms with Crippen molar-refractivity contribution < 1.29 is 19.1 Å². The lowest BCUT2D eigenvalue weighted by Gasteiger charge is -2.28. The molecule has 0 unspecified atom stereocenters. The lowest BCUT2D eigenvalue weighted by atomic mass is 9.84. The van der Waals surface area contributed by atoms with E-state index in [9.17, 15) is 9.59 Å². The number of esters is 1. The number of unbranched alkanes of at least 4 members (excludes halogenated alkanes) is 2. The molecule has 0 bridgehead atoms. The lowest BCUT2D eigenvalue weighted by Crippen LogP contribution is -2.46. The van der Waals surface area contributed by atoms with Gasteiger partial charge in [0.05, 0.1) is 7.11 Å². The highest BCUT2D eigenvalue weighted by Crippen LogP contribution is 2.37. The number of methoxy groups -OCH3 is 1. The van der Waals surface area contributed by atoms with Crippen LogP contribution in [-0.2, 0) is 20.7 Å². The quantitative estimate of drug-likeness (QED) is 0.308. The normalized spacial score (nSPS) is 21.3. The van der Waals surface area contributed by atoms with E-state index in [4.69, 9.17) is 9.47 Å². The lowest BCUT2D eigenvalue weighted by molar-refractivity contribution is -0.147. The molecule has 1 fully saturated rings. The van der Waals surface area contributed by atoms with Crippen LogP contribution in [0.4, 0.5) is 4.79 Å². The van der Waals surface area contributed by atoms with E-state index in [0.717, 1.165) is 32.1 Å². The van der Waals surface area contributed by atoms with Gasteiger partial charge in [0.2, 0.25) is 0 Å². The van der Waals surface area contributed by atoms with Crippen LogP contribution in [-0.4, -0.2) is 42.3 Å². The summed E-state index contributed by atoms with van der Waals surface area (Å²) in [6.07, 6.45) is 7.45. The Morgan fingerprint density at radius 3 is 2.47 bits per heavy atom. The third-order valence-electron chi connectivity index (χ3n) is 5.67. The Hall–Kier alpha value is -2.30. The molecule has 0 saturated carbocycles. The fraction of sp³-hybridized carbons (Fsp3) is 0.600. The van der Waals surface area contributed by atoms with E-state index < -0.39 is 17.7 Å². The number of likely N-dealkylation sites (tertiary alicyclic amines) is 1. The maximum atomic E-state index is 12.8. The van der Waals surface area contributed by atoms with Crippen LogP contribution in [0.25, 0.3) is 0 Å². The predicted molar refractivity (Wildman–Crippen MR) is 119 cm³/mol. The second kappa shape index (κ2) is 11.2. The molecule has 3 atom stereocenters. The summed E-state index contributed by atoms with van der Waals surface area (Å²) in [5, 5.41) is 0. The minimum Gasteiger partial charge on any atom is -0.467 e. The molecule has 5 heteroatoms. The van der Waals surface area contributed by atoms with E-state index >= 15 is 0 Å². The van der Waals surface area contributed by atoms with Crippen molar-refractivity contribution in [3.63, 3.8) is 0 Å². The van der Waals surface area contributed by atoms with Gasteiger partial charge in [-0.15, -0.1) is 6.58 Å². The molecular weight excluding hydrogens is 378 g/mol. The van der Waals surface area contributed by atoms with Gasteiger partial charge in [0.15, 0.2) is 0 Å². The zero-order chi connectivity index (χ0) is 22.1. The van der Waals surface area contributed by atoms with E-state index in [1.807, 2.05) is 32.9 Å². The molecule has 1 heterocycles. The zero-order valence-corrected chi connectivity index (χ0v) is 18.9. The monoisotopic (exact) mass is 415 g/mol. The van der Waals surface area contributed by atoms with Crippen molar-refractivity contribution in [2.45, 2.75) is 70.9 Å². The molecule has 2 rings (SSSR count). The van der Waals surface area contributed by atoms with Crippen molar-refractivity contribution in [1.82, 2.24) is 4.90 Å². The highest BCUT2D eigenvalue weighted by molar-refractivity contribution is 5.82. The van der Waals surface area contributed by atoms with Crippen molar-refractivity contribution in [3.8, 4) is 0 Å². The number of hydrogen-bond acceptors (Lipinski definition) is 4. The molecule has 1 amide bonds. The minimum absolute atomic E-state index is 0.0107. The van der Waals surface area contributed by atoms with Crippen LogP contribution in [0.3, 0.4) is 0 Å². The fourth-order valence-electron chi connectivity index (χ4n) is 4.30. The number of benzene rings is 1. The molecule has 1 saturated heterocycles. The van der Waals surface area contributed by atoms with E-state index in [1.54, 1.807) is 4.90 Å². The number of nitrogens with zero attached hydrogens (tertiary/aromatic N) is 1. The summed E-state index contributed by atoms with van der Waals surface area (Å²) in [5.74, 6) is -0.132. The van der Waals surface area contributed by atoms with Crippen LogP contribution in [0.2, 0.25) is 0 Å². The molecule has 0 aliphatic carbocycles. The molecule has 1 aliphatic rings. The second-order valence-corrected chi connectivity index (χ2v) is 9.13. The molecule has 1 aromatic carbocycles. The Morgan fingerprint density at radius 2 is 1.87 bits per heavy atom. The average molecular weight is 416 g/mol. The van der Waals surface area contributed by atoms with Gasteiger partial charge in [-0.25, -0.2) is 9.59 Å². The number of ether oxygens (including phenoxy) is 2. The molecule has 0 radical (unpaired) electrons. The molecule has 30 heavy (non-hydrogen) atoms. The van der Waals surface area contributed by atoms with E-state index in [2.05, 4.69) is 30.8 Å². The Balaban J connectivity index is 1.99. The van der Waals surface area contributed by atoms with Crippen molar-refractivity contribution in [2.75, 3.05) is 13.7 Å². The van der Waals surface area contributed by atoms with Crippen LogP contribution in [0.5, 0.6) is 0 Å². The number of allylic oxidation sites excluding steroid dienone is 1. The second-order valence-electron chi connectivity index (χ2n) is 9.13. The van der Waals surface area contributed by atoms with Crippen LogP contribution >= 0.6 is 0 Å². The first-order valence-electron chi connectivity index (χ1n) is 11.0. The summed E-state index contributed by atoms with van der Waals surface area (Å²) >= 11 is 0. The first-order chi connectivity index (χ1) is 14.3. The number of rotatable bonds is 9. The number of carbonyl (C=O) groups excluding carboxylic acids is 2. The molecule has 1 aliphatic heterocycles. The Labute approximate surface area is 181 Å². The van der Waals surface area contributed by atoms with E-state index in [-0.39, 0.29) is 17.8 Å². The maximum Gasteiger partial charge on any atom is 0.411 e. The van der Waals surface area contributed by atoms with E-state index in [0.29, 0.717) is 13.0 Å². The maximum absolute atomic E-state index is 12.8. The van der Waals surface area contributed by atoms with Gasteiger partial charge in [-0.3, -0.25) is 4.90 Å². The van der Waals surface area contributed by atoms with Crippen LogP contribution in [0, 0.1) is 11.8 Å². The minimum atomic E-state index is -0.614. The summed E-state index contributed by atoms with van der Waals surface area (Å²) in [6, 6.07) is 9.90. The average Bonchev–Trinajstić information content (AvgIpc) is 3.05. The fourth-order valence-corrected chi connectivity index (χ4v) is 4.30. The van der Waals surface area contributed by atoms with Crippen LogP contribution in [0.1, 0.15) is 58.4 Å². The molecule has 166 valence electrons. The largest absolute Gasteiger partial charge is 0.467 e. The number of hydrogen-bond donors (Lipinski definition) is 0. The van der Waals surface area contributed by atoms with Gasteiger partial charge in [-0.1, -0.05) is 49.2 Å². The standard InChI is InChI=1S/C25H37NO4/c1-6-13-21-20(17-12-8-11-16-19-14-9-7-10-15-19)18-26(22(21)23(27)29-5)24(28)30-25(2,3)4/h6-7,9-10,14-15,20-22H,1,8,11-13,16-18H2,2-5H3/t20-,21+,22-/m0/s1. The first kappa shape index (κ1) is 24.0. The van der Waals surface area contributed by atoms with Gasteiger partial charge in [0, 0.05) is 6.54 Å². The van der Waals surface area contributed by atoms with Crippen molar-refractivity contribution >= 4 is 12.1 Å². The van der Waals surface area contributed by atoms with Gasteiger partial charge in [0.25, 0.3) is 0 Å². The summed E-state index contributed by atoms with van der Waals surface area (Å²) in [7, 11) is 1.37. The molecule has 0 aromatic heterocycles. The highest BCUT2D eigenvalue weighted by atomic mass is 16.6. The number of amides is 1. The highest BCUT2D eigenvalue weighted by Gasteiger charge is 2.48. The van der Waals surface area contributed by atoms with Gasteiger partial charge >= 0.3 is 12.1 Å². The molecule has 0 spiro atoms. The van der Waals surface area contributed by atoms with E-state index in [1.165, 1.54) is 12.7 Å². The van der Waals surface area contributed by atoms with Gasteiger partial charge < -0.3 is 9.47 Å². The predicted octanol–water partition coefficient (Wildman–Crippen LogP) is 5.39. The summed E-state index contributed by atoms with van der Waals surface area (Å²) in [5.41, 5.74) is 0.756. The smallest absolute Gasteiger partial charge is 0.411 e. The van der Waals surface area contributed by atoms with Gasteiger partial charge in [-0.2, -0.15) is 0 Å². The molecular formula is C25H37NO4. The molecule has 0 N–H and O–H groups in total. The first-order valence-corrected chi connectivity index (χ1v) is 11.0. The zero-order valence-electron chi connectivity index (χ0n) is 18.9. The number of aryl methyl sites for hydroxylation is 1.